The Bertz CT molecular complexity index is 388. The van der Waals surface area contributed by atoms with Crippen molar-refractivity contribution in [3.05, 3.63) is 23.3 Å². The van der Waals surface area contributed by atoms with Crippen LogP contribution in [0.5, 0.6) is 5.75 Å². The van der Waals surface area contributed by atoms with Crippen molar-refractivity contribution < 1.29 is 15.0 Å². The van der Waals surface area contributed by atoms with E-state index in [-0.39, 0.29) is 17.2 Å². The van der Waals surface area contributed by atoms with Gasteiger partial charge in [-0.1, -0.05) is 13.8 Å². The molecule has 0 spiro atoms. The van der Waals surface area contributed by atoms with Gasteiger partial charge in [-0.15, -0.1) is 0 Å². The van der Waals surface area contributed by atoms with Gasteiger partial charge in [0.25, 0.3) is 0 Å². The number of anilines is 1. The van der Waals surface area contributed by atoms with E-state index in [4.69, 9.17) is 10.8 Å². The summed E-state index contributed by atoms with van der Waals surface area (Å²) in [5.74, 6) is -1.25. The molecule has 0 saturated carbocycles. The number of carbonyl (C=O) groups is 1. The van der Waals surface area contributed by atoms with Crippen LogP contribution in [0, 0.1) is 0 Å². The third kappa shape index (κ3) is 2.21. The second-order valence-electron chi connectivity index (χ2n) is 3.62. The van der Waals surface area contributed by atoms with Crippen molar-refractivity contribution in [3.63, 3.8) is 0 Å². The van der Waals surface area contributed by atoms with E-state index in [0.717, 1.165) is 6.42 Å². The maximum absolute atomic E-state index is 10.8. The zero-order valence-electron chi connectivity index (χ0n) is 8.82. The van der Waals surface area contributed by atoms with Crippen molar-refractivity contribution >= 4 is 11.7 Å². The molecule has 0 bridgehead atoms. The first-order chi connectivity index (χ1) is 6.97. The lowest BCUT2D eigenvalue weighted by molar-refractivity contribution is 0.0693. The van der Waals surface area contributed by atoms with Crippen molar-refractivity contribution in [1.82, 2.24) is 0 Å². The van der Waals surface area contributed by atoms with Crippen molar-refractivity contribution in [2.45, 2.75) is 26.2 Å². The number of aromatic carboxylic acids is 1. The maximum atomic E-state index is 10.8. The molecule has 4 heteroatoms. The minimum Gasteiger partial charge on any atom is -0.507 e. The summed E-state index contributed by atoms with van der Waals surface area (Å²) >= 11 is 0. The monoisotopic (exact) mass is 209 g/mol. The summed E-state index contributed by atoms with van der Waals surface area (Å²) < 4.78 is 0. The molecule has 82 valence electrons. The molecule has 0 aromatic heterocycles. The minimum atomic E-state index is -1.16. The summed E-state index contributed by atoms with van der Waals surface area (Å²) in [7, 11) is 0. The van der Waals surface area contributed by atoms with Crippen LogP contribution in [0.25, 0.3) is 0 Å². The highest BCUT2D eigenvalue weighted by atomic mass is 16.4. The Labute approximate surface area is 88.3 Å². The standard InChI is InChI=1S/C11H15NO3/c1-3-6(2)8-4-7(12)5-9(10(8)13)11(14)15/h4-6,13H,3,12H2,1-2H3,(H,14,15). The molecule has 0 aliphatic heterocycles. The highest BCUT2D eigenvalue weighted by Gasteiger charge is 2.17. The molecule has 1 aromatic rings. The summed E-state index contributed by atoms with van der Waals surface area (Å²) in [6.07, 6.45) is 0.816. The molecule has 4 nitrogen and oxygen atoms in total. The van der Waals surface area contributed by atoms with Gasteiger partial charge < -0.3 is 15.9 Å². The van der Waals surface area contributed by atoms with Crippen LogP contribution in [0.15, 0.2) is 12.1 Å². The number of rotatable bonds is 3. The fraction of sp³-hybridized carbons (Fsp3) is 0.364. The Kier molecular flexibility index (Phi) is 3.19. The topological polar surface area (TPSA) is 83.6 Å². The van der Waals surface area contributed by atoms with Gasteiger partial charge in [-0.25, -0.2) is 4.79 Å². The molecule has 0 radical (unpaired) electrons. The largest absolute Gasteiger partial charge is 0.507 e. The van der Waals surface area contributed by atoms with Crippen molar-refractivity contribution in [2.75, 3.05) is 5.73 Å². The van der Waals surface area contributed by atoms with Crippen molar-refractivity contribution in [1.29, 1.82) is 0 Å². The molecular formula is C11H15NO3. The number of hydrogen-bond donors (Lipinski definition) is 3. The number of benzene rings is 1. The molecule has 0 heterocycles. The first-order valence-corrected chi connectivity index (χ1v) is 4.83. The normalized spacial score (nSPS) is 12.4. The number of phenols is 1. The second-order valence-corrected chi connectivity index (χ2v) is 3.62. The van der Waals surface area contributed by atoms with E-state index in [9.17, 15) is 9.90 Å². The van der Waals surface area contributed by atoms with Gasteiger partial charge in [-0.05, 0) is 30.0 Å². The lowest BCUT2D eigenvalue weighted by Gasteiger charge is -2.13. The third-order valence-electron chi connectivity index (χ3n) is 2.54. The minimum absolute atomic E-state index is 0.0894. The van der Waals surface area contributed by atoms with Crippen LogP contribution in [0.2, 0.25) is 0 Å². The highest BCUT2D eigenvalue weighted by Crippen LogP contribution is 2.33. The van der Waals surface area contributed by atoms with Gasteiger partial charge >= 0.3 is 5.97 Å². The van der Waals surface area contributed by atoms with E-state index < -0.39 is 5.97 Å². The Morgan fingerprint density at radius 1 is 1.53 bits per heavy atom. The van der Waals surface area contributed by atoms with E-state index >= 15 is 0 Å². The fourth-order valence-electron chi connectivity index (χ4n) is 1.44. The molecule has 0 amide bonds. The Morgan fingerprint density at radius 2 is 2.13 bits per heavy atom. The zero-order valence-corrected chi connectivity index (χ0v) is 8.82. The number of nitrogen functional groups attached to an aromatic ring is 1. The number of hydrogen-bond acceptors (Lipinski definition) is 3. The van der Waals surface area contributed by atoms with E-state index in [0.29, 0.717) is 11.3 Å². The molecule has 0 aliphatic carbocycles. The average molecular weight is 209 g/mol. The zero-order chi connectivity index (χ0) is 11.6. The molecule has 1 aromatic carbocycles. The summed E-state index contributed by atoms with van der Waals surface area (Å²) in [5.41, 5.74) is 6.40. The van der Waals surface area contributed by atoms with Gasteiger partial charge in [0.15, 0.2) is 0 Å². The van der Waals surface area contributed by atoms with E-state index in [1.54, 1.807) is 6.07 Å². The Morgan fingerprint density at radius 3 is 2.60 bits per heavy atom. The number of aromatic hydroxyl groups is 1. The molecule has 15 heavy (non-hydrogen) atoms. The first-order valence-electron chi connectivity index (χ1n) is 4.83. The molecule has 1 atom stereocenters. The van der Waals surface area contributed by atoms with Crippen LogP contribution in [-0.2, 0) is 0 Å². The molecule has 1 unspecified atom stereocenters. The van der Waals surface area contributed by atoms with Gasteiger partial charge in [0.1, 0.15) is 11.3 Å². The van der Waals surface area contributed by atoms with Gasteiger partial charge in [0, 0.05) is 5.69 Å². The van der Waals surface area contributed by atoms with E-state index in [2.05, 4.69) is 0 Å². The van der Waals surface area contributed by atoms with Gasteiger partial charge in [0.2, 0.25) is 0 Å². The molecule has 0 aliphatic rings. The van der Waals surface area contributed by atoms with Crippen molar-refractivity contribution in [3.8, 4) is 5.75 Å². The predicted molar refractivity (Wildman–Crippen MR) is 58.2 cm³/mol. The lowest BCUT2D eigenvalue weighted by atomic mass is 9.95. The van der Waals surface area contributed by atoms with Gasteiger partial charge in [-0.3, -0.25) is 0 Å². The van der Waals surface area contributed by atoms with Crippen LogP contribution in [0.1, 0.15) is 42.1 Å². The van der Waals surface area contributed by atoms with Crippen molar-refractivity contribution in [2.24, 2.45) is 0 Å². The molecular weight excluding hydrogens is 194 g/mol. The van der Waals surface area contributed by atoms with Crippen LogP contribution in [-0.4, -0.2) is 16.2 Å². The van der Waals surface area contributed by atoms with E-state index in [1.807, 2.05) is 13.8 Å². The number of nitrogens with two attached hydrogens (primary N) is 1. The second kappa shape index (κ2) is 4.21. The Balaban J connectivity index is 3.34. The van der Waals surface area contributed by atoms with Gasteiger partial charge in [0.05, 0.1) is 0 Å². The number of carboxylic acid groups (broad SMARTS) is 1. The smallest absolute Gasteiger partial charge is 0.339 e. The van der Waals surface area contributed by atoms with E-state index in [1.165, 1.54) is 6.07 Å². The summed E-state index contributed by atoms with van der Waals surface area (Å²) in [4.78, 5) is 10.8. The SMILES string of the molecule is CCC(C)c1cc(N)cc(C(=O)O)c1O. The fourth-order valence-corrected chi connectivity index (χ4v) is 1.44. The molecule has 0 saturated heterocycles. The quantitative estimate of drug-likeness (QED) is 0.526. The Hall–Kier alpha value is -1.71. The first kappa shape index (κ1) is 11.4. The molecule has 1 rings (SSSR count). The third-order valence-corrected chi connectivity index (χ3v) is 2.54. The van der Waals surface area contributed by atoms with Crippen LogP contribution < -0.4 is 5.73 Å². The van der Waals surface area contributed by atoms with Crippen LogP contribution in [0.4, 0.5) is 5.69 Å². The highest BCUT2D eigenvalue weighted by molar-refractivity contribution is 5.92. The summed E-state index contributed by atoms with van der Waals surface area (Å²) in [5, 5.41) is 18.6. The van der Waals surface area contributed by atoms with Crippen LogP contribution in [0.3, 0.4) is 0 Å². The maximum Gasteiger partial charge on any atom is 0.339 e. The summed E-state index contributed by atoms with van der Waals surface area (Å²) in [6.45, 7) is 3.88. The average Bonchev–Trinajstić information content (AvgIpc) is 2.19. The number of carboxylic acids is 1. The lowest BCUT2D eigenvalue weighted by Crippen LogP contribution is -2.03. The summed E-state index contributed by atoms with van der Waals surface area (Å²) in [6, 6.07) is 2.89. The predicted octanol–water partition coefficient (Wildman–Crippen LogP) is 2.19. The molecule has 0 fully saturated rings. The van der Waals surface area contributed by atoms with Gasteiger partial charge in [-0.2, -0.15) is 0 Å². The molecule has 4 N–H and O–H groups in total. The van der Waals surface area contributed by atoms with Crippen LogP contribution >= 0.6 is 0 Å².